The molecule has 0 saturated carbocycles. The lowest BCUT2D eigenvalue weighted by Crippen LogP contribution is -2.34. The first kappa shape index (κ1) is 16.2. The SMILES string of the molecule is CN(CC1CCCO1)S(=O)(=O)c1ccc(CCl)cc1Br. The number of rotatable bonds is 5. The molecule has 0 N–H and O–H groups in total. The van der Waals surface area contributed by atoms with Crippen molar-refractivity contribution in [2.75, 3.05) is 20.2 Å². The predicted molar refractivity (Wildman–Crippen MR) is 82.5 cm³/mol. The summed E-state index contributed by atoms with van der Waals surface area (Å²) in [5.41, 5.74) is 0.874. The maximum Gasteiger partial charge on any atom is 0.244 e. The van der Waals surface area contributed by atoms with Crippen LogP contribution in [0, 0.1) is 0 Å². The van der Waals surface area contributed by atoms with E-state index >= 15 is 0 Å². The van der Waals surface area contributed by atoms with Crippen molar-refractivity contribution in [3.05, 3.63) is 28.2 Å². The number of likely N-dealkylation sites (N-methyl/N-ethyl adjacent to an activating group) is 1. The van der Waals surface area contributed by atoms with Crippen LogP contribution in [-0.4, -0.2) is 39.0 Å². The molecule has 20 heavy (non-hydrogen) atoms. The van der Waals surface area contributed by atoms with Gasteiger partial charge in [-0.15, -0.1) is 11.6 Å². The molecule has 4 nitrogen and oxygen atoms in total. The minimum atomic E-state index is -3.52. The molecule has 0 bridgehead atoms. The second kappa shape index (κ2) is 6.75. The lowest BCUT2D eigenvalue weighted by atomic mass is 10.2. The molecule has 0 radical (unpaired) electrons. The van der Waals surface area contributed by atoms with E-state index < -0.39 is 10.0 Å². The molecule has 2 rings (SSSR count). The van der Waals surface area contributed by atoms with E-state index in [1.54, 1.807) is 25.2 Å². The van der Waals surface area contributed by atoms with E-state index in [0.717, 1.165) is 18.4 Å². The third-order valence-electron chi connectivity index (χ3n) is 3.32. The Hall–Kier alpha value is -0.140. The summed E-state index contributed by atoms with van der Waals surface area (Å²) in [7, 11) is -1.94. The number of nitrogens with zero attached hydrogens (tertiary/aromatic N) is 1. The third-order valence-corrected chi connectivity index (χ3v) is 6.43. The lowest BCUT2D eigenvalue weighted by Gasteiger charge is -2.21. The number of sulfonamides is 1. The van der Waals surface area contributed by atoms with Gasteiger partial charge in [0.1, 0.15) is 0 Å². The maximum absolute atomic E-state index is 12.5. The highest BCUT2D eigenvalue weighted by molar-refractivity contribution is 9.10. The van der Waals surface area contributed by atoms with Gasteiger partial charge in [-0.3, -0.25) is 0 Å². The van der Waals surface area contributed by atoms with Crippen molar-refractivity contribution in [2.45, 2.75) is 29.7 Å². The van der Waals surface area contributed by atoms with Crippen molar-refractivity contribution in [1.82, 2.24) is 4.31 Å². The molecule has 1 saturated heterocycles. The van der Waals surface area contributed by atoms with Gasteiger partial charge < -0.3 is 4.74 Å². The van der Waals surface area contributed by atoms with Gasteiger partial charge in [0.15, 0.2) is 0 Å². The summed E-state index contributed by atoms with van der Waals surface area (Å²) in [6, 6.07) is 5.05. The summed E-state index contributed by atoms with van der Waals surface area (Å²) in [5.74, 6) is 0.352. The Morgan fingerprint density at radius 2 is 2.25 bits per heavy atom. The summed E-state index contributed by atoms with van der Waals surface area (Å²) in [4.78, 5) is 0.256. The highest BCUT2D eigenvalue weighted by Gasteiger charge is 2.27. The fraction of sp³-hybridized carbons (Fsp3) is 0.538. The van der Waals surface area contributed by atoms with Gasteiger partial charge in [0.2, 0.25) is 10.0 Å². The summed E-state index contributed by atoms with van der Waals surface area (Å²) >= 11 is 9.05. The summed E-state index contributed by atoms with van der Waals surface area (Å²) < 4.78 is 32.5. The average Bonchev–Trinajstić information content (AvgIpc) is 2.91. The second-order valence-corrected chi connectivity index (χ2v) is 7.95. The molecule has 112 valence electrons. The quantitative estimate of drug-likeness (QED) is 0.736. The molecular weight excluding hydrogens is 366 g/mol. The van der Waals surface area contributed by atoms with E-state index in [1.807, 2.05) is 0 Å². The third kappa shape index (κ3) is 3.54. The normalized spacial score (nSPS) is 19.7. The van der Waals surface area contributed by atoms with Crippen molar-refractivity contribution in [2.24, 2.45) is 0 Å². The molecule has 1 aliphatic heterocycles. The van der Waals surface area contributed by atoms with E-state index in [0.29, 0.717) is 23.5 Å². The zero-order valence-corrected chi connectivity index (χ0v) is 14.3. The van der Waals surface area contributed by atoms with Crippen molar-refractivity contribution in [3.63, 3.8) is 0 Å². The van der Waals surface area contributed by atoms with E-state index in [4.69, 9.17) is 16.3 Å². The Bertz CT molecular complexity index is 573. The zero-order chi connectivity index (χ0) is 14.8. The molecular formula is C13H17BrClNO3S. The Morgan fingerprint density at radius 1 is 1.50 bits per heavy atom. The fourth-order valence-electron chi connectivity index (χ4n) is 2.18. The number of alkyl halides is 1. The highest BCUT2D eigenvalue weighted by Crippen LogP contribution is 2.27. The van der Waals surface area contributed by atoms with Crippen LogP contribution in [0.3, 0.4) is 0 Å². The first-order chi connectivity index (χ1) is 9.45. The van der Waals surface area contributed by atoms with E-state index in [-0.39, 0.29) is 11.0 Å². The molecule has 0 amide bonds. The van der Waals surface area contributed by atoms with Crippen molar-refractivity contribution in [3.8, 4) is 0 Å². The Labute approximate surface area is 133 Å². The maximum atomic E-state index is 12.5. The Morgan fingerprint density at radius 3 is 2.80 bits per heavy atom. The van der Waals surface area contributed by atoms with Gasteiger partial charge in [0, 0.05) is 30.6 Å². The molecule has 0 aliphatic carbocycles. The number of hydrogen-bond acceptors (Lipinski definition) is 3. The molecule has 1 aromatic carbocycles. The topological polar surface area (TPSA) is 46.6 Å². The van der Waals surface area contributed by atoms with Gasteiger partial charge in [0.25, 0.3) is 0 Å². The number of ether oxygens (including phenoxy) is 1. The fourth-order valence-corrected chi connectivity index (χ4v) is 4.63. The average molecular weight is 383 g/mol. The largest absolute Gasteiger partial charge is 0.377 e. The van der Waals surface area contributed by atoms with Crippen LogP contribution in [0.1, 0.15) is 18.4 Å². The van der Waals surface area contributed by atoms with Crippen LogP contribution in [0.15, 0.2) is 27.6 Å². The Balaban J connectivity index is 2.20. The lowest BCUT2D eigenvalue weighted by molar-refractivity contribution is 0.0979. The van der Waals surface area contributed by atoms with Gasteiger partial charge in [-0.05, 0) is 46.5 Å². The van der Waals surface area contributed by atoms with Crippen LogP contribution in [0.5, 0.6) is 0 Å². The summed E-state index contributed by atoms with van der Waals surface area (Å²) in [5, 5.41) is 0. The van der Waals surface area contributed by atoms with Crippen molar-refractivity contribution >= 4 is 37.6 Å². The molecule has 0 spiro atoms. The standard InChI is InChI=1S/C13H17BrClNO3S/c1-16(9-11-3-2-6-19-11)20(17,18)13-5-4-10(8-15)7-12(13)14/h4-5,7,11H,2-3,6,8-9H2,1H3. The molecule has 1 aliphatic rings. The number of hydrogen-bond donors (Lipinski definition) is 0. The van der Waals surface area contributed by atoms with E-state index in [9.17, 15) is 8.42 Å². The minimum Gasteiger partial charge on any atom is -0.377 e. The zero-order valence-electron chi connectivity index (χ0n) is 11.2. The smallest absolute Gasteiger partial charge is 0.244 e. The highest BCUT2D eigenvalue weighted by atomic mass is 79.9. The molecule has 1 atom stereocenters. The first-order valence-electron chi connectivity index (χ1n) is 6.37. The molecule has 1 heterocycles. The summed E-state index contributed by atoms with van der Waals surface area (Å²) in [6.07, 6.45) is 1.90. The van der Waals surface area contributed by atoms with Crippen molar-refractivity contribution < 1.29 is 13.2 Å². The van der Waals surface area contributed by atoms with Crippen LogP contribution in [0.25, 0.3) is 0 Å². The van der Waals surface area contributed by atoms with Crippen molar-refractivity contribution in [1.29, 1.82) is 0 Å². The Kier molecular flexibility index (Phi) is 5.48. The van der Waals surface area contributed by atoms with Gasteiger partial charge in [-0.2, -0.15) is 4.31 Å². The summed E-state index contributed by atoms with van der Waals surface area (Å²) in [6.45, 7) is 1.10. The van der Waals surface area contributed by atoms with Gasteiger partial charge in [0.05, 0.1) is 11.0 Å². The second-order valence-electron chi connectivity index (χ2n) is 4.82. The minimum absolute atomic E-state index is 0.00401. The molecule has 7 heteroatoms. The monoisotopic (exact) mass is 381 g/mol. The van der Waals surface area contributed by atoms with Crippen LogP contribution in [-0.2, 0) is 20.6 Å². The molecule has 1 unspecified atom stereocenters. The molecule has 1 aromatic rings. The molecule has 1 fully saturated rings. The van der Waals surface area contributed by atoms with Gasteiger partial charge >= 0.3 is 0 Å². The van der Waals surface area contributed by atoms with Crippen LogP contribution < -0.4 is 0 Å². The van der Waals surface area contributed by atoms with E-state index in [2.05, 4.69) is 15.9 Å². The number of halogens is 2. The first-order valence-corrected chi connectivity index (χ1v) is 9.14. The molecule has 0 aromatic heterocycles. The van der Waals surface area contributed by atoms with Gasteiger partial charge in [-0.1, -0.05) is 6.07 Å². The van der Waals surface area contributed by atoms with Gasteiger partial charge in [-0.25, -0.2) is 8.42 Å². The predicted octanol–water partition coefficient (Wildman–Crippen LogP) is 2.99. The van der Waals surface area contributed by atoms with Crippen LogP contribution >= 0.6 is 27.5 Å². The van der Waals surface area contributed by atoms with Crippen LogP contribution in [0.4, 0.5) is 0 Å². The van der Waals surface area contributed by atoms with Crippen LogP contribution in [0.2, 0.25) is 0 Å². The number of benzene rings is 1. The van der Waals surface area contributed by atoms with E-state index in [1.165, 1.54) is 4.31 Å².